The van der Waals surface area contributed by atoms with Gasteiger partial charge in [0, 0.05) is 0 Å². The summed E-state index contributed by atoms with van der Waals surface area (Å²) >= 11 is 0. The fourth-order valence-corrected chi connectivity index (χ4v) is 1.03. The number of esters is 1. The zero-order chi connectivity index (χ0) is 8.59. The molecule has 11 heavy (non-hydrogen) atoms. The van der Waals surface area contributed by atoms with Gasteiger partial charge in [0.1, 0.15) is 5.76 Å². The molecule has 0 spiro atoms. The van der Waals surface area contributed by atoms with Crippen molar-refractivity contribution in [1.29, 1.82) is 0 Å². The molecule has 0 amide bonds. The highest BCUT2D eigenvalue weighted by atomic mass is 16.6. The van der Waals surface area contributed by atoms with Gasteiger partial charge in [-0.1, -0.05) is 13.8 Å². The van der Waals surface area contributed by atoms with Crippen LogP contribution >= 0.6 is 0 Å². The summed E-state index contributed by atoms with van der Waals surface area (Å²) in [5.74, 6) is -0.178. The molecule has 3 nitrogen and oxygen atoms in total. The van der Waals surface area contributed by atoms with Crippen molar-refractivity contribution in [3.63, 3.8) is 0 Å². The molecule has 0 saturated carbocycles. The van der Waals surface area contributed by atoms with Crippen LogP contribution in [0.4, 0.5) is 0 Å². The van der Waals surface area contributed by atoms with Gasteiger partial charge in [0.25, 0.3) is 0 Å². The van der Waals surface area contributed by atoms with Crippen molar-refractivity contribution in [3.05, 3.63) is 11.3 Å². The molecule has 1 unspecified atom stereocenters. The van der Waals surface area contributed by atoms with E-state index in [1.165, 1.54) is 0 Å². The van der Waals surface area contributed by atoms with Gasteiger partial charge in [0.15, 0.2) is 6.10 Å². The first-order valence-electron chi connectivity index (χ1n) is 3.64. The summed E-state index contributed by atoms with van der Waals surface area (Å²) in [6, 6.07) is 0. The number of cyclic esters (lactones) is 1. The minimum atomic E-state index is -0.428. The van der Waals surface area contributed by atoms with Crippen LogP contribution in [0.5, 0.6) is 0 Å². The number of hydrogen-bond donors (Lipinski definition) is 1. The Balaban J connectivity index is 2.86. The van der Waals surface area contributed by atoms with E-state index in [0.29, 0.717) is 5.57 Å². The molecule has 1 aliphatic heterocycles. The molecule has 0 aliphatic carbocycles. The Morgan fingerprint density at radius 1 is 1.55 bits per heavy atom. The maximum Gasteiger partial charge on any atom is 0.338 e. The van der Waals surface area contributed by atoms with Crippen LogP contribution in [-0.2, 0) is 9.53 Å². The highest BCUT2D eigenvalue weighted by Crippen LogP contribution is 2.25. The van der Waals surface area contributed by atoms with Crippen molar-refractivity contribution in [2.75, 3.05) is 0 Å². The number of carbonyl (C=O) groups is 1. The Kier molecular flexibility index (Phi) is 1.89. The van der Waals surface area contributed by atoms with Crippen molar-refractivity contribution >= 4 is 5.97 Å². The van der Waals surface area contributed by atoms with Gasteiger partial charge in [-0.3, -0.25) is 0 Å². The summed E-state index contributed by atoms with van der Waals surface area (Å²) in [6.07, 6.45) is -0.428. The van der Waals surface area contributed by atoms with Crippen molar-refractivity contribution < 1.29 is 14.6 Å². The van der Waals surface area contributed by atoms with Crippen LogP contribution in [0.15, 0.2) is 11.3 Å². The SMILES string of the molecule is CC1=C(O)C(C(C)C)OC1=O. The maximum absolute atomic E-state index is 10.9. The van der Waals surface area contributed by atoms with Crippen LogP contribution in [0.1, 0.15) is 20.8 Å². The monoisotopic (exact) mass is 156 g/mol. The van der Waals surface area contributed by atoms with E-state index in [2.05, 4.69) is 0 Å². The number of aliphatic hydroxyl groups is 1. The molecule has 0 aromatic rings. The van der Waals surface area contributed by atoms with E-state index in [9.17, 15) is 9.90 Å². The first kappa shape index (κ1) is 8.11. The van der Waals surface area contributed by atoms with E-state index >= 15 is 0 Å². The number of ether oxygens (including phenoxy) is 1. The Hall–Kier alpha value is -0.990. The van der Waals surface area contributed by atoms with Gasteiger partial charge in [-0.05, 0) is 12.8 Å². The molecule has 62 valence electrons. The molecular formula is C8H12O3. The van der Waals surface area contributed by atoms with Crippen LogP contribution in [0, 0.1) is 5.92 Å². The van der Waals surface area contributed by atoms with E-state index in [1.807, 2.05) is 13.8 Å². The molecule has 1 rings (SSSR count). The number of carbonyl (C=O) groups excluding carboxylic acids is 1. The minimum Gasteiger partial charge on any atom is -0.508 e. The lowest BCUT2D eigenvalue weighted by Crippen LogP contribution is -2.18. The minimum absolute atomic E-state index is 0.0880. The average molecular weight is 156 g/mol. The van der Waals surface area contributed by atoms with Gasteiger partial charge in [0.05, 0.1) is 5.57 Å². The Labute approximate surface area is 65.7 Å². The molecule has 0 saturated heterocycles. The molecule has 0 radical (unpaired) electrons. The lowest BCUT2D eigenvalue weighted by atomic mass is 10.1. The maximum atomic E-state index is 10.9. The molecule has 0 aromatic heterocycles. The van der Waals surface area contributed by atoms with E-state index in [4.69, 9.17) is 4.74 Å². The molecule has 0 fully saturated rings. The largest absolute Gasteiger partial charge is 0.508 e. The Bertz CT molecular complexity index is 215. The van der Waals surface area contributed by atoms with E-state index in [1.54, 1.807) is 6.92 Å². The first-order valence-corrected chi connectivity index (χ1v) is 3.64. The van der Waals surface area contributed by atoms with Crippen molar-refractivity contribution in [2.24, 2.45) is 5.92 Å². The van der Waals surface area contributed by atoms with Crippen molar-refractivity contribution in [2.45, 2.75) is 26.9 Å². The van der Waals surface area contributed by atoms with Gasteiger partial charge in [-0.25, -0.2) is 4.79 Å². The molecule has 3 heteroatoms. The normalized spacial score (nSPS) is 24.7. The zero-order valence-corrected chi connectivity index (χ0v) is 6.92. The number of rotatable bonds is 1. The van der Waals surface area contributed by atoms with Gasteiger partial charge >= 0.3 is 5.97 Å². The fraction of sp³-hybridized carbons (Fsp3) is 0.625. The summed E-state index contributed by atoms with van der Waals surface area (Å²) in [6.45, 7) is 5.36. The van der Waals surface area contributed by atoms with Crippen LogP contribution in [0.2, 0.25) is 0 Å². The zero-order valence-electron chi connectivity index (χ0n) is 6.92. The molecule has 0 aromatic carbocycles. The van der Waals surface area contributed by atoms with Crippen LogP contribution in [-0.4, -0.2) is 17.2 Å². The Morgan fingerprint density at radius 2 is 2.09 bits per heavy atom. The summed E-state index contributed by atoms with van der Waals surface area (Å²) in [7, 11) is 0. The molecule has 1 heterocycles. The highest BCUT2D eigenvalue weighted by molar-refractivity contribution is 5.91. The van der Waals surface area contributed by atoms with Crippen molar-refractivity contribution in [3.8, 4) is 0 Å². The van der Waals surface area contributed by atoms with E-state index in [0.717, 1.165) is 0 Å². The summed E-state index contributed by atoms with van der Waals surface area (Å²) in [5.41, 5.74) is 0.337. The fourth-order valence-electron chi connectivity index (χ4n) is 1.03. The summed E-state index contributed by atoms with van der Waals surface area (Å²) < 4.78 is 4.88. The molecule has 1 atom stereocenters. The lowest BCUT2D eigenvalue weighted by Gasteiger charge is -2.13. The molecule has 1 N–H and O–H groups in total. The second-order valence-corrected chi connectivity index (χ2v) is 3.08. The van der Waals surface area contributed by atoms with Crippen LogP contribution in [0.3, 0.4) is 0 Å². The van der Waals surface area contributed by atoms with Gasteiger partial charge in [0.2, 0.25) is 0 Å². The number of hydrogen-bond acceptors (Lipinski definition) is 3. The number of aliphatic hydroxyl groups excluding tert-OH is 1. The highest BCUT2D eigenvalue weighted by Gasteiger charge is 2.33. The standard InChI is InChI=1S/C8H12O3/c1-4(2)7-6(9)5(3)8(10)11-7/h4,7,9H,1-3H3. The molecule has 1 aliphatic rings. The molecular weight excluding hydrogens is 144 g/mol. The smallest absolute Gasteiger partial charge is 0.338 e. The third-order valence-corrected chi connectivity index (χ3v) is 1.80. The van der Waals surface area contributed by atoms with Gasteiger partial charge in [-0.15, -0.1) is 0 Å². The predicted molar refractivity (Wildman–Crippen MR) is 40.0 cm³/mol. The summed E-state index contributed by atoms with van der Waals surface area (Å²) in [4.78, 5) is 10.9. The van der Waals surface area contributed by atoms with E-state index < -0.39 is 12.1 Å². The van der Waals surface area contributed by atoms with Crippen molar-refractivity contribution in [1.82, 2.24) is 0 Å². The second kappa shape index (κ2) is 2.57. The molecule has 0 bridgehead atoms. The van der Waals surface area contributed by atoms with E-state index in [-0.39, 0.29) is 11.7 Å². The van der Waals surface area contributed by atoms with Gasteiger partial charge < -0.3 is 9.84 Å². The first-order chi connectivity index (χ1) is 5.04. The Morgan fingerprint density at radius 3 is 2.27 bits per heavy atom. The third-order valence-electron chi connectivity index (χ3n) is 1.80. The topological polar surface area (TPSA) is 46.5 Å². The predicted octanol–water partition coefficient (Wildman–Crippen LogP) is 1.40. The van der Waals surface area contributed by atoms with Crippen LogP contribution in [0.25, 0.3) is 0 Å². The third kappa shape index (κ3) is 1.23. The van der Waals surface area contributed by atoms with Gasteiger partial charge in [-0.2, -0.15) is 0 Å². The quantitative estimate of drug-likeness (QED) is 0.584. The summed E-state index contributed by atoms with van der Waals surface area (Å²) in [5, 5.41) is 9.33. The lowest BCUT2D eigenvalue weighted by molar-refractivity contribution is -0.141. The second-order valence-electron chi connectivity index (χ2n) is 3.08. The van der Waals surface area contributed by atoms with Crippen LogP contribution < -0.4 is 0 Å². The average Bonchev–Trinajstić information content (AvgIpc) is 2.17.